The molecule has 1 aliphatic heterocycles. The molecule has 0 bridgehead atoms. The number of amides is 1. The lowest BCUT2D eigenvalue weighted by Gasteiger charge is -2.06. The molecule has 2 unspecified atom stereocenters. The Morgan fingerprint density at radius 3 is 2.73 bits per heavy atom. The summed E-state index contributed by atoms with van der Waals surface area (Å²) in [4.78, 5) is 23.4. The molecule has 76 valence electrons. The Morgan fingerprint density at radius 1 is 1.40 bits per heavy atom. The van der Waals surface area contributed by atoms with Crippen molar-refractivity contribution in [2.75, 3.05) is 0 Å². The second kappa shape index (κ2) is 2.12. The first-order chi connectivity index (χ1) is 7.04. The lowest BCUT2D eigenvalue weighted by Crippen LogP contribution is -2.34. The Morgan fingerprint density at radius 2 is 2.07 bits per heavy atom. The number of carbonyl (C=O) groups excluding carboxylic acids is 2. The van der Waals surface area contributed by atoms with E-state index in [2.05, 4.69) is 0 Å². The van der Waals surface area contributed by atoms with Crippen LogP contribution in [0.4, 0.5) is 0 Å². The van der Waals surface area contributed by atoms with Gasteiger partial charge in [-0.3, -0.25) is 9.59 Å². The molecule has 2 N–H and O–H groups in total. The Kier molecular flexibility index (Phi) is 1.21. The van der Waals surface area contributed by atoms with Crippen molar-refractivity contribution in [3.8, 4) is 0 Å². The van der Waals surface area contributed by atoms with Gasteiger partial charge in [0, 0.05) is 11.1 Å². The molecule has 1 aromatic rings. The SMILES string of the molecule is CC12OC1(C(N)=O)c1ccccc1C2=O. The Hall–Kier alpha value is -1.68. The van der Waals surface area contributed by atoms with Crippen LogP contribution in [0, 0.1) is 0 Å². The number of rotatable bonds is 1. The number of nitrogens with two attached hydrogens (primary N) is 1. The lowest BCUT2D eigenvalue weighted by molar-refractivity contribution is -0.123. The number of Topliss-reactive ketones (excluding diaryl/α,β-unsaturated/α-hetero) is 1. The lowest BCUT2D eigenvalue weighted by atomic mass is 9.93. The number of ketones is 1. The van der Waals surface area contributed by atoms with Crippen LogP contribution in [0.2, 0.25) is 0 Å². The van der Waals surface area contributed by atoms with Gasteiger partial charge < -0.3 is 10.5 Å². The number of primary amides is 1. The molecular weight excluding hydrogens is 194 g/mol. The first-order valence-corrected chi connectivity index (χ1v) is 4.68. The average Bonchev–Trinajstić information content (AvgIpc) is 2.82. The summed E-state index contributed by atoms with van der Waals surface area (Å²) in [6.07, 6.45) is 0. The minimum absolute atomic E-state index is 0.156. The molecule has 0 radical (unpaired) electrons. The topological polar surface area (TPSA) is 72.7 Å². The summed E-state index contributed by atoms with van der Waals surface area (Å²) >= 11 is 0. The summed E-state index contributed by atoms with van der Waals surface area (Å²) in [5, 5.41) is 0. The fourth-order valence-corrected chi connectivity index (χ4v) is 2.46. The quantitative estimate of drug-likeness (QED) is 0.669. The van der Waals surface area contributed by atoms with E-state index in [-0.39, 0.29) is 5.78 Å². The number of hydrogen-bond donors (Lipinski definition) is 1. The van der Waals surface area contributed by atoms with Gasteiger partial charge in [0.25, 0.3) is 5.91 Å². The molecule has 0 aromatic heterocycles. The maximum Gasteiger partial charge on any atom is 0.257 e. The normalized spacial score (nSPS) is 35.9. The van der Waals surface area contributed by atoms with Crippen molar-refractivity contribution in [3.05, 3.63) is 35.4 Å². The van der Waals surface area contributed by atoms with E-state index in [1.807, 2.05) is 0 Å². The highest BCUT2D eigenvalue weighted by Crippen LogP contribution is 2.62. The second-order valence-electron chi connectivity index (χ2n) is 4.06. The van der Waals surface area contributed by atoms with Gasteiger partial charge in [0.15, 0.2) is 11.4 Å². The van der Waals surface area contributed by atoms with E-state index in [1.165, 1.54) is 0 Å². The van der Waals surface area contributed by atoms with Crippen molar-refractivity contribution >= 4 is 11.7 Å². The van der Waals surface area contributed by atoms with Crippen LogP contribution in [0.25, 0.3) is 0 Å². The number of epoxide rings is 1. The van der Waals surface area contributed by atoms with Crippen LogP contribution >= 0.6 is 0 Å². The number of ether oxygens (including phenoxy) is 1. The predicted octanol–water partition coefficient (Wildman–Crippen LogP) is 0.352. The molecule has 0 spiro atoms. The van der Waals surface area contributed by atoms with Gasteiger partial charge >= 0.3 is 0 Å². The summed E-state index contributed by atoms with van der Waals surface area (Å²) in [7, 11) is 0. The molecular formula is C11H9NO3. The van der Waals surface area contributed by atoms with Gasteiger partial charge in [-0.1, -0.05) is 24.3 Å². The fourth-order valence-electron chi connectivity index (χ4n) is 2.46. The van der Waals surface area contributed by atoms with Gasteiger partial charge in [-0.05, 0) is 6.92 Å². The third-order valence-electron chi connectivity index (χ3n) is 3.32. The molecule has 1 aromatic carbocycles. The first-order valence-electron chi connectivity index (χ1n) is 4.68. The largest absolute Gasteiger partial charge is 0.367 e. The van der Waals surface area contributed by atoms with E-state index >= 15 is 0 Å². The summed E-state index contributed by atoms with van der Waals surface area (Å²) in [6.45, 7) is 1.61. The van der Waals surface area contributed by atoms with Crippen LogP contribution in [0.3, 0.4) is 0 Å². The molecule has 15 heavy (non-hydrogen) atoms. The zero-order chi connectivity index (χ0) is 10.8. The van der Waals surface area contributed by atoms with Crippen molar-refractivity contribution < 1.29 is 14.3 Å². The zero-order valence-corrected chi connectivity index (χ0v) is 8.11. The minimum Gasteiger partial charge on any atom is -0.367 e. The monoisotopic (exact) mass is 203 g/mol. The zero-order valence-electron chi connectivity index (χ0n) is 8.11. The van der Waals surface area contributed by atoms with Crippen LogP contribution in [0.5, 0.6) is 0 Å². The van der Waals surface area contributed by atoms with Crippen LogP contribution < -0.4 is 5.73 Å². The van der Waals surface area contributed by atoms with Crippen molar-refractivity contribution in [3.63, 3.8) is 0 Å². The Balaban J connectivity index is 2.32. The van der Waals surface area contributed by atoms with Crippen LogP contribution in [-0.2, 0) is 15.1 Å². The van der Waals surface area contributed by atoms with E-state index in [9.17, 15) is 9.59 Å². The van der Waals surface area contributed by atoms with Crippen molar-refractivity contribution in [1.82, 2.24) is 0 Å². The van der Waals surface area contributed by atoms with Gasteiger partial charge in [-0.25, -0.2) is 0 Å². The van der Waals surface area contributed by atoms with Crippen LogP contribution in [-0.4, -0.2) is 17.3 Å². The number of benzene rings is 1. The highest BCUT2D eigenvalue weighted by Gasteiger charge is 2.80. The summed E-state index contributed by atoms with van der Waals surface area (Å²) in [5.41, 5.74) is 4.19. The van der Waals surface area contributed by atoms with Crippen molar-refractivity contribution in [2.24, 2.45) is 5.73 Å². The van der Waals surface area contributed by atoms with Crippen molar-refractivity contribution in [2.45, 2.75) is 18.1 Å². The summed E-state index contributed by atoms with van der Waals surface area (Å²) in [6, 6.07) is 6.95. The number of hydrogen-bond acceptors (Lipinski definition) is 3. The first kappa shape index (κ1) is 8.61. The fraction of sp³-hybridized carbons (Fsp3) is 0.273. The number of fused-ring (bicyclic) bond motifs is 3. The predicted molar refractivity (Wildman–Crippen MR) is 51.1 cm³/mol. The molecule has 2 aliphatic rings. The van der Waals surface area contributed by atoms with Crippen LogP contribution in [0.1, 0.15) is 22.8 Å². The Labute approximate surface area is 86.0 Å². The number of carbonyl (C=O) groups is 2. The average molecular weight is 203 g/mol. The van der Waals surface area contributed by atoms with E-state index in [4.69, 9.17) is 10.5 Å². The minimum atomic E-state index is -1.21. The molecule has 1 saturated heterocycles. The van der Waals surface area contributed by atoms with E-state index < -0.39 is 17.1 Å². The standard InChI is InChI=1S/C11H9NO3/c1-10-8(13)6-4-2-3-5-7(6)11(10,15-10)9(12)14/h2-5H,1H3,(H2,12,14). The highest BCUT2D eigenvalue weighted by atomic mass is 16.6. The third kappa shape index (κ3) is 0.668. The molecule has 1 amide bonds. The summed E-state index contributed by atoms with van der Waals surface area (Å²) in [5.74, 6) is -0.750. The van der Waals surface area contributed by atoms with Crippen molar-refractivity contribution in [1.29, 1.82) is 0 Å². The van der Waals surface area contributed by atoms with E-state index in [1.54, 1.807) is 31.2 Å². The van der Waals surface area contributed by atoms with Crippen LogP contribution in [0.15, 0.2) is 24.3 Å². The maximum absolute atomic E-state index is 11.9. The summed E-state index contributed by atoms with van der Waals surface area (Å²) < 4.78 is 5.30. The smallest absolute Gasteiger partial charge is 0.257 e. The van der Waals surface area contributed by atoms with Gasteiger partial charge in [0.05, 0.1) is 0 Å². The molecule has 1 heterocycles. The molecule has 1 aliphatic carbocycles. The van der Waals surface area contributed by atoms with Gasteiger partial charge in [0.1, 0.15) is 0 Å². The van der Waals surface area contributed by atoms with Gasteiger partial charge in [-0.15, -0.1) is 0 Å². The molecule has 2 atom stereocenters. The highest BCUT2D eigenvalue weighted by molar-refractivity contribution is 6.17. The molecule has 1 fully saturated rings. The maximum atomic E-state index is 11.9. The molecule has 4 heteroatoms. The van der Waals surface area contributed by atoms with Gasteiger partial charge in [-0.2, -0.15) is 0 Å². The Bertz CT molecular complexity index is 510. The van der Waals surface area contributed by atoms with E-state index in [0.29, 0.717) is 11.1 Å². The van der Waals surface area contributed by atoms with Gasteiger partial charge in [0.2, 0.25) is 5.60 Å². The second-order valence-corrected chi connectivity index (χ2v) is 4.06. The molecule has 4 nitrogen and oxygen atoms in total. The van der Waals surface area contributed by atoms with E-state index in [0.717, 1.165) is 0 Å². The third-order valence-corrected chi connectivity index (χ3v) is 3.32. The molecule has 3 rings (SSSR count). The molecule has 0 saturated carbocycles.